The van der Waals surface area contributed by atoms with E-state index in [0.717, 1.165) is 11.3 Å². The Hall–Kier alpha value is -2.24. The van der Waals surface area contributed by atoms with Gasteiger partial charge in [0.15, 0.2) is 0 Å². The van der Waals surface area contributed by atoms with Crippen LogP contribution in [-0.4, -0.2) is 16.8 Å². The number of thiophene rings is 1. The lowest BCUT2D eigenvalue weighted by molar-refractivity contribution is 0.484. The molecule has 0 atom stereocenters. The van der Waals surface area contributed by atoms with Crippen molar-refractivity contribution in [3.05, 3.63) is 70.0 Å². The number of furan rings is 1. The largest absolute Gasteiger partial charge is 0.443 e. The lowest BCUT2D eigenvalue weighted by atomic mass is 10.3. The highest BCUT2D eigenvalue weighted by atomic mass is 35.5. The van der Waals surface area contributed by atoms with Crippen molar-refractivity contribution in [1.29, 1.82) is 0 Å². The number of nitrogens with one attached hydrogen (secondary N) is 2. The topological polar surface area (TPSA) is 105 Å². The van der Waals surface area contributed by atoms with Gasteiger partial charge in [-0.1, -0.05) is 47.5 Å². The fraction of sp³-hybridized carbons (Fsp3) is 0. The van der Waals surface area contributed by atoms with Gasteiger partial charge in [0.25, 0.3) is 20.0 Å². The quantitative estimate of drug-likeness (QED) is 0.367. The smallest absolute Gasteiger partial charge is 0.295 e. The molecule has 4 rings (SSSR count). The summed E-state index contributed by atoms with van der Waals surface area (Å²) in [5.41, 5.74) is 0.202. The molecule has 4 aromatic rings. The van der Waals surface area contributed by atoms with Gasteiger partial charge >= 0.3 is 0 Å². The SMILES string of the molecule is O=S(=O)(Nc1cc(Cl)c(Cl)cc1NS(=O)(=O)c1cccs1)c1cc2ccccc2o1. The van der Waals surface area contributed by atoms with Gasteiger partial charge in [-0.3, -0.25) is 9.44 Å². The molecule has 0 bridgehead atoms. The van der Waals surface area contributed by atoms with E-state index in [2.05, 4.69) is 9.44 Å². The Morgan fingerprint density at radius 2 is 1.43 bits per heavy atom. The summed E-state index contributed by atoms with van der Waals surface area (Å²) in [7, 11) is -8.14. The zero-order chi connectivity index (χ0) is 21.5. The minimum absolute atomic E-state index is 0.0399. The fourth-order valence-electron chi connectivity index (χ4n) is 2.61. The number of sulfonamides is 2. The lowest BCUT2D eigenvalue weighted by Gasteiger charge is -2.14. The van der Waals surface area contributed by atoms with Gasteiger partial charge in [-0.05, 0) is 29.6 Å². The van der Waals surface area contributed by atoms with Crippen LogP contribution in [0.2, 0.25) is 10.0 Å². The predicted molar refractivity (Wildman–Crippen MR) is 119 cm³/mol. The Labute approximate surface area is 186 Å². The van der Waals surface area contributed by atoms with Crippen molar-refractivity contribution in [2.24, 2.45) is 0 Å². The molecule has 12 heteroatoms. The molecule has 156 valence electrons. The minimum atomic E-state index is -4.19. The average Bonchev–Trinajstić information content (AvgIpc) is 3.35. The van der Waals surface area contributed by atoms with Crippen molar-refractivity contribution in [3.8, 4) is 0 Å². The number of halogens is 2. The van der Waals surface area contributed by atoms with Crippen LogP contribution in [0.5, 0.6) is 0 Å². The highest BCUT2D eigenvalue weighted by Gasteiger charge is 2.24. The van der Waals surface area contributed by atoms with Gasteiger partial charge in [-0.2, -0.15) is 8.42 Å². The standard InChI is InChI=1S/C18H12Cl2N2O5S3/c19-12-9-14(15(10-13(12)20)22-30(25,26)18-6-3-7-28-18)21-29(23,24)17-8-11-4-1-2-5-16(11)27-17/h1-10,21-22H. The summed E-state index contributed by atoms with van der Waals surface area (Å²) in [6.45, 7) is 0. The van der Waals surface area contributed by atoms with E-state index in [9.17, 15) is 16.8 Å². The second-order valence-electron chi connectivity index (χ2n) is 6.06. The highest BCUT2D eigenvalue weighted by molar-refractivity contribution is 7.94. The molecule has 2 aromatic heterocycles. The number of para-hydroxylation sites is 1. The first-order chi connectivity index (χ1) is 14.2. The second kappa shape index (κ2) is 7.78. The van der Waals surface area contributed by atoms with E-state index in [1.54, 1.807) is 35.7 Å². The van der Waals surface area contributed by atoms with Gasteiger partial charge in [-0.15, -0.1) is 11.3 Å². The molecule has 0 aliphatic rings. The number of rotatable bonds is 6. The zero-order valence-electron chi connectivity index (χ0n) is 14.8. The first kappa shape index (κ1) is 21.0. The molecule has 7 nitrogen and oxygen atoms in total. The van der Waals surface area contributed by atoms with Crippen molar-refractivity contribution in [2.75, 3.05) is 9.44 Å². The van der Waals surface area contributed by atoms with Crippen molar-refractivity contribution in [2.45, 2.75) is 9.30 Å². The maximum atomic E-state index is 12.9. The molecule has 0 saturated carbocycles. The van der Waals surface area contributed by atoms with E-state index in [1.165, 1.54) is 24.3 Å². The highest BCUT2D eigenvalue weighted by Crippen LogP contribution is 2.36. The van der Waals surface area contributed by atoms with Crippen LogP contribution in [0.25, 0.3) is 11.0 Å². The molecule has 0 spiro atoms. The van der Waals surface area contributed by atoms with Crippen molar-refractivity contribution in [3.63, 3.8) is 0 Å². The Morgan fingerprint density at radius 1 is 0.800 bits per heavy atom. The summed E-state index contributed by atoms with van der Waals surface area (Å²) in [6.07, 6.45) is 0. The third-order valence-corrected chi connectivity index (χ3v) is 8.68. The molecule has 0 saturated heterocycles. The number of benzene rings is 2. The number of hydrogen-bond acceptors (Lipinski definition) is 6. The first-order valence-electron chi connectivity index (χ1n) is 8.22. The van der Waals surface area contributed by atoms with Crippen LogP contribution < -0.4 is 9.44 Å². The van der Waals surface area contributed by atoms with Crippen molar-refractivity contribution < 1.29 is 21.3 Å². The molecular weight excluding hydrogens is 491 g/mol. The maximum absolute atomic E-state index is 12.9. The average molecular weight is 503 g/mol. The predicted octanol–water partition coefficient (Wildman–Crippen LogP) is 5.40. The van der Waals surface area contributed by atoms with Gasteiger partial charge in [-0.25, -0.2) is 8.42 Å². The Kier molecular flexibility index (Phi) is 5.45. The monoisotopic (exact) mass is 502 g/mol. The first-order valence-corrected chi connectivity index (χ1v) is 12.8. The number of fused-ring (bicyclic) bond motifs is 1. The van der Waals surface area contributed by atoms with Crippen LogP contribution in [0, 0.1) is 0 Å². The molecule has 0 aliphatic heterocycles. The molecule has 0 amide bonds. The van der Waals surface area contributed by atoms with Gasteiger partial charge in [0.2, 0.25) is 5.09 Å². The fourth-order valence-corrected chi connectivity index (χ4v) is 6.04. The molecule has 0 fully saturated rings. The Balaban J connectivity index is 1.74. The van der Waals surface area contributed by atoms with Crippen LogP contribution in [-0.2, 0) is 20.0 Å². The number of anilines is 2. The number of hydrogen-bond donors (Lipinski definition) is 2. The summed E-state index contributed by atoms with van der Waals surface area (Å²) in [5.74, 6) is 0. The van der Waals surface area contributed by atoms with Gasteiger partial charge in [0.05, 0.1) is 21.4 Å². The minimum Gasteiger partial charge on any atom is -0.443 e. The second-order valence-corrected chi connectivity index (χ2v) is 11.3. The van der Waals surface area contributed by atoms with Gasteiger partial charge in [0, 0.05) is 11.5 Å². The van der Waals surface area contributed by atoms with Crippen molar-refractivity contribution in [1.82, 2.24) is 0 Å². The summed E-state index contributed by atoms with van der Waals surface area (Å²) in [6, 6.07) is 13.6. The molecule has 2 aromatic carbocycles. The summed E-state index contributed by atoms with van der Waals surface area (Å²) in [4.78, 5) is 0. The Bertz CT molecular complexity index is 1410. The maximum Gasteiger partial charge on any atom is 0.295 e. The molecule has 30 heavy (non-hydrogen) atoms. The van der Waals surface area contributed by atoms with Crippen LogP contribution in [0.4, 0.5) is 11.4 Å². The molecule has 2 N–H and O–H groups in total. The molecule has 2 heterocycles. The molecule has 0 radical (unpaired) electrons. The van der Waals surface area contributed by atoms with Crippen LogP contribution in [0.3, 0.4) is 0 Å². The summed E-state index contributed by atoms with van der Waals surface area (Å²) >= 11 is 13.1. The van der Waals surface area contributed by atoms with E-state index < -0.39 is 20.0 Å². The summed E-state index contributed by atoms with van der Waals surface area (Å²) < 4.78 is 61.0. The van der Waals surface area contributed by atoms with E-state index in [4.69, 9.17) is 27.6 Å². The van der Waals surface area contributed by atoms with Crippen LogP contribution in [0.1, 0.15) is 0 Å². The summed E-state index contributed by atoms with van der Waals surface area (Å²) in [5, 5.41) is 1.96. The normalized spacial score (nSPS) is 12.2. The lowest BCUT2D eigenvalue weighted by Crippen LogP contribution is -2.17. The Morgan fingerprint density at radius 3 is 2.03 bits per heavy atom. The van der Waals surface area contributed by atoms with Crippen LogP contribution in [0.15, 0.2) is 73.7 Å². The van der Waals surface area contributed by atoms with E-state index in [0.29, 0.717) is 11.0 Å². The van der Waals surface area contributed by atoms with Crippen LogP contribution >= 0.6 is 34.5 Å². The van der Waals surface area contributed by atoms with Gasteiger partial charge < -0.3 is 4.42 Å². The third-order valence-electron chi connectivity index (χ3n) is 3.98. The molecule has 0 aliphatic carbocycles. The van der Waals surface area contributed by atoms with Gasteiger partial charge in [0.1, 0.15) is 9.79 Å². The van der Waals surface area contributed by atoms with Crippen molar-refractivity contribution >= 4 is 76.9 Å². The zero-order valence-corrected chi connectivity index (χ0v) is 18.8. The van der Waals surface area contributed by atoms with E-state index >= 15 is 0 Å². The molecule has 0 unspecified atom stereocenters. The van der Waals surface area contributed by atoms with E-state index in [-0.39, 0.29) is 30.7 Å². The third kappa shape index (κ3) is 4.14. The molecular formula is C18H12Cl2N2O5S3. The van der Waals surface area contributed by atoms with E-state index in [1.807, 2.05) is 0 Å².